The van der Waals surface area contributed by atoms with Gasteiger partial charge < -0.3 is 29.9 Å². The van der Waals surface area contributed by atoms with Crippen molar-refractivity contribution in [3.05, 3.63) is 47.9 Å². The van der Waals surface area contributed by atoms with Crippen LogP contribution in [0.4, 0.5) is 10.2 Å². The second kappa shape index (κ2) is 11.0. The fourth-order valence-corrected chi connectivity index (χ4v) is 3.92. The number of aromatic nitrogens is 1. The number of methoxy groups -OCH3 is 2. The molecule has 1 aromatic heterocycles. The fraction of sp³-hybridized carbons (Fsp3) is 0.478. The molecule has 1 aliphatic heterocycles. The lowest BCUT2D eigenvalue weighted by Crippen LogP contribution is -2.46. The molecule has 2 heterocycles. The van der Waals surface area contributed by atoms with Crippen molar-refractivity contribution in [3.63, 3.8) is 0 Å². The first-order chi connectivity index (χ1) is 15.5. The van der Waals surface area contributed by atoms with Gasteiger partial charge in [0.1, 0.15) is 0 Å². The van der Waals surface area contributed by atoms with Gasteiger partial charge in [0.2, 0.25) is 0 Å². The Balaban J connectivity index is 1.61. The van der Waals surface area contributed by atoms with Gasteiger partial charge in [0.05, 0.1) is 20.3 Å². The number of pyridine rings is 1. The molecule has 0 bridgehead atoms. The van der Waals surface area contributed by atoms with Crippen LogP contribution in [0.1, 0.15) is 18.0 Å². The van der Waals surface area contributed by atoms with Gasteiger partial charge in [-0.2, -0.15) is 0 Å². The minimum atomic E-state index is -0.292. The molecule has 9 heteroatoms. The van der Waals surface area contributed by atoms with Crippen molar-refractivity contribution in [2.75, 3.05) is 59.9 Å². The zero-order chi connectivity index (χ0) is 23.1. The van der Waals surface area contributed by atoms with Gasteiger partial charge in [-0.05, 0) is 50.3 Å². The molecule has 2 unspecified atom stereocenters. The Hall–Kier alpha value is -3.07. The van der Waals surface area contributed by atoms with Crippen molar-refractivity contribution in [2.45, 2.75) is 18.5 Å². The Labute approximate surface area is 189 Å². The molecule has 0 radical (unpaired) electrons. The van der Waals surface area contributed by atoms with E-state index in [-0.39, 0.29) is 17.9 Å². The first-order valence-corrected chi connectivity index (χ1v) is 10.7. The van der Waals surface area contributed by atoms with Crippen LogP contribution in [0.3, 0.4) is 0 Å². The van der Waals surface area contributed by atoms with Crippen molar-refractivity contribution in [1.29, 1.82) is 0 Å². The maximum atomic E-state index is 14.1. The quantitative estimate of drug-likeness (QED) is 0.478. The van der Waals surface area contributed by atoms with Crippen LogP contribution in [-0.2, 0) is 0 Å². The van der Waals surface area contributed by atoms with Crippen molar-refractivity contribution in [2.24, 2.45) is 4.99 Å². The predicted octanol–water partition coefficient (Wildman–Crippen LogP) is 2.28. The van der Waals surface area contributed by atoms with Gasteiger partial charge in [-0.3, -0.25) is 4.99 Å². The summed E-state index contributed by atoms with van der Waals surface area (Å²) in [6.07, 6.45) is 2.50. The maximum Gasteiger partial charge on any atom is 0.191 e. The number of hydrogen-bond donors (Lipinski definition) is 2. The zero-order valence-electron chi connectivity index (χ0n) is 19.4. The topological polar surface area (TPSA) is 74.3 Å². The highest BCUT2D eigenvalue weighted by molar-refractivity contribution is 5.80. The maximum absolute atomic E-state index is 14.1. The van der Waals surface area contributed by atoms with Crippen molar-refractivity contribution in [1.82, 2.24) is 20.5 Å². The number of rotatable bonds is 8. The van der Waals surface area contributed by atoms with E-state index in [9.17, 15) is 4.39 Å². The first-order valence-electron chi connectivity index (χ1n) is 10.7. The molecule has 2 atom stereocenters. The zero-order valence-corrected chi connectivity index (χ0v) is 19.4. The summed E-state index contributed by atoms with van der Waals surface area (Å²) in [5, 5.41) is 6.88. The van der Waals surface area contributed by atoms with Gasteiger partial charge >= 0.3 is 0 Å². The summed E-state index contributed by atoms with van der Waals surface area (Å²) in [5.74, 6) is 2.23. The first kappa shape index (κ1) is 23.6. The normalized spacial score (nSPS) is 17.4. The third-order valence-electron chi connectivity index (χ3n) is 5.67. The Morgan fingerprint density at radius 1 is 1.28 bits per heavy atom. The summed E-state index contributed by atoms with van der Waals surface area (Å²) in [7, 11) is 9.09. The lowest BCUT2D eigenvalue weighted by atomic mass is 10.1. The third-order valence-corrected chi connectivity index (χ3v) is 5.67. The van der Waals surface area contributed by atoms with E-state index in [1.165, 1.54) is 6.07 Å². The summed E-state index contributed by atoms with van der Waals surface area (Å²) >= 11 is 0. The molecule has 0 amide bonds. The number of aliphatic imine (C=N–C) groups is 1. The van der Waals surface area contributed by atoms with Crippen LogP contribution < -0.4 is 25.0 Å². The van der Waals surface area contributed by atoms with Gasteiger partial charge in [0, 0.05) is 38.9 Å². The number of likely N-dealkylation sites (N-methyl/N-ethyl adjacent to an activating group) is 1. The van der Waals surface area contributed by atoms with Gasteiger partial charge in [-0.1, -0.05) is 6.07 Å². The average molecular weight is 445 g/mol. The second-order valence-corrected chi connectivity index (χ2v) is 7.93. The Bertz CT molecular complexity index is 923. The lowest BCUT2D eigenvalue weighted by molar-refractivity contribution is 0.295. The summed E-state index contributed by atoms with van der Waals surface area (Å²) in [6.45, 7) is 2.06. The highest BCUT2D eigenvalue weighted by atomic mass is 19.1. The second-order valence-electron chi connectivity index (χ2n) is 7.93. The molecule has 8 nitrogen and oxygen atoms in total. The van der Waals surface area contributed by atoms with Gasteiger partial charge in [-0.25, -0.2) is 9.37 Å². The van der Waals surface area contributed by atoms with Crippen molar-refractivity contribution in [3.8, 4) is 11.5 Å². The number of benzene rings is 1. The Morgan fingerprint density at radius 2 is 2.06 bits per heavy atom. The summed E-state index contributed by atoms with van der Waals surface area (Å²) in [5.41, 5.74) is 1.10. The summed E-state index contributed by atoms with van der Waals surface area (Å²) < 4.78 is 24.9. The number of halogens is 1. The predicted molar refractivity (Wildman–Crippen MR) is 125 cm³/mol. The monoisotopic (exact) mass is 444 g/mol. The van der Waals surface area contributed by atoms with Crippen molar-refractivity contribution < 1.29 is 13.9 Å². The van der Waals surface area contributed by atoms with E-state index < -0.39 is 0 Å². The number of nitrogens with one attached hydrogen (secondary N) is 2. The molecule has 0 saturated carbocycles. The minimum Gasteiger partial charge on any atom is -0.493 e. The molecule has 1 fully saturated rings. The summed E-state index contributed by atoms with van der Waals surface area (Å²) in [6, 6.07) is 9.26. The molecule has 1 aliphatic rings. The molecule has 174 valence electrons. The molecule has 2 aromatic rings. The lowest BCUT2D eigenvalue weighted by Gasteiger charge is -2.27. The highest BCUT2D eigenvalue weighted by Crippen LogP contribution is 2.31. The number of hydrogen-bond acceptors (Lipinski definition) is 6. The van der Waals surface area contributed by atoms with Crippen LogP contribution in [-0.4, -0.2) is 76.9 Å². The Kier molecular flexibility index (Phi) is 8.10. The molecule has 0 spiro atoms. The molecule has 0 aliphatic carbocycles. The molecule has 3 rings (SSSR count). The minimum absolute atomic E-state index is 0.0936. The number of anilines is 1. The Morgan fingerprint density at radius 3 is 2.72 bits per heavy atom. The van der Waals surface area contributed by atoms with Gasteiger partial charge in [0.25, 0.3) is 0 Å². The van der Waals surface area contributed by atoms with Crippen LogP contribution in [0.25, 0.3) is 0 Å². The highest BCUT2D eigenvalue weighted by Gasteiger charge is 2.26. The number of guanidine groups is 1. The van der Waals surface area contributed by atoms with E-state index in [4.69, 9.17) is 9.47 Å². The van der Waals surface area contributed by atoms with E-state index in [1.54, 1.807) is 33.5 Å². The van der Waals surface area contributed by atoms with Crippen LogP contribution >= 0.6 is 0 Å². The summed E-state index contributed by atoms with van der Waals surface area (Å²) in [4.78, 5) is 12.7. The fourth-order valence-electron chi connectivity index (χ4n) is 3.92. The number of nitrogens with zero attached hydrogens (tertiary/aromatic N) is 4. The molecule has 1 saturated heterocycles. The molecule has 32 heavy (non-hydrogen) atoms. The third kappa shape index (κ3) is 5.59. The van der Waals surface area contributed by atoms with Crippen LogP contribution in [0.2, 0.25) is 0 Å². The molecule has 2 N–H and O–H groups in total. The SMILES string of the molecule is CN=C(NCC(c1ccc(OC)c(OC)c1)N(C)C)NC1CCN(c2ncccc2F)C1. The van der Waals surface area contributed by atoms with Gasteiger partial charge in [0.15, 0.2) is 29.1 Å². The van der Waals surface area contributed by atoms with Crippen molar-refractivity contribution >= 4 is 11.8 Å². The van der Waals surface area contributed by atoms with E-state index >= 15 is 0 Å². The number of ether oxygens (including phenoxy) is 2. The van der Waals surface area contributed by atoms with Crippen LogP contribution in [0, 0.1) is 5.82 Å². The average Bonchev–Trinajstić information content (AvgIpc) is 3.26. The van der Waals surface area contributed by atoms with E-state index in [0.29, 0.717) is 36.4 Å². The van der Waals surface area contributed by atoms with Crippen LogP contribution in [0.15, 0.2) is 41.5 Å². The molecule has 1 aromatic carbocycles. The largest absolute Gasteiger partial charge is 0.493 e. The molecular formula is C23H33FN6O2. The smallest absolute Gasteiger partial charge is 0.191 e. The van der Waals surface area contributed by atoms with E-state index in [2.05, 4.69) is 25.5 Å². The van der Waals surface area contributed by atoms with E-state index in [1.807, 2.05) is 37.2 Å². The standard InChI is InChI=1S/C23H33FN6O2/c1-25-23(28-17-10-12-30(15-17)22-18(24)7-6-11-26-22)27-14-19(29(2)3)16-8-9-20(31-4)21(13-16)32-5/h6-9,11,13,17,19H,10,12,14-15H2,1-5H3,(H2,25,27,28). The van der Waals surface area contributed by atoms with Gasteiger partial charge in [-0.15, -0.1) is 0 Å². The van der Waals surface area contributed by atoms with Crippen LogP contribution in [0.5, 0.6) is 11.5 Å². The van der Waals surface area contributed by atoms with E-state index in [0.717, 1.165) is 18.5 Å². The molecular weight excluding hydrogens is 411 g/mol.